The normalized spacial score (nSPS) is 9.79. The molecule has 0 unspecified atom stereocenters. The summed E-state index contributed by atoms with van der Waals surface area (Å²) in [7, 11) is 2.39. The van der Waals surface area contributed by atoms with Gasteiger partial charge in [-0.1, -0.05) is 5.21 Å². The summed E-state index contributed by atoms with van der Waals surface area (Å²) in [5, 5.41) is 7.17. The van der Waals surface area contributed by atoms with Crippen LogP contribution < -0.4 is 0 Å². The minimum Gasteiger partial charge on any atom is -0.468 e. The molecule has 0 aliphatic heterocycles. The molecule has 0 spiro atoms. The van der Waals surface area contributed by atoms with E-state index in [1.165, 1.54) is 31.3 Å². The molecule has 19 heavy (non-hydrogen) atoms. The van der Waals surface area contributed by atoms with Gasteiger partial charge < -0.3 is 14.4 Å². The SMILES string of the molecule is COC(=O)CN(CC(=O)OC)C(=O)Cn1ccnn1. The highest BCUT2D eigenvalue weighted by Gasteiger charge is 2.21. The summed E-state index contributed by atoms with van der Waals surface area (Å²) in [5.41, 5.74) is 0. The van der Waals surface area contributed by atoms with Crippen molar-refractivity contribution in [3.63, 3.8) is 0 Å². The van der Waals surface area contributed by atoms with Crippen molar-refractivity contribution in [2.45, 2.75) is 6.54 Å². The van der Waals surface area contributed by atoms with Gasteiger partial charge in [0.05, 0.1) is 20.4 Å². The Labute approximate surface area is 109 Å². The zero-order chi connectivity index (χ0) is 14.3. The molecule has 1 amide bonds. The van der Waals surface area contributed by atoms with E-state index in [4.69, 9.17) is 0 Å². The second-order valence-electron chi connectivity index (χ2n) is 3.50. The molecule has 1 aromatic heterocycles. The summed E-state index contributed by atoms with van der Waals surface area (Å²) in [5.74, 6) is -1.73. The molecular formula is C10H14N4O5. The van der Waals surface area contributed by atoms with E-state index in [0.29, 0.717) is 0 Å². The molecule has 0 radical (unpaired) electrons. The van der Waals surface area contributed by atoms with Crippen molar-refractivity contribution >= 4 is 17.8 Å². The van der Waals surface area contributed by atoms with Crippen molar-refractivity contribution in [2.75, 3.05) is 27.3 Å². The predicted octanol–water partition coefficient (Wildman–Crippen LogP) is -1.55. The minimum absolute atomic E-state index is 0.131. The quantitative estimate of drug-likeness (QED) is 0.576. The fourth-order valence-electron chi connectivity index (χ4n) is 1.23. The molecule has 0 bridgehead atoms. The maximum atomic E-state index is 11.9. The molecule has 1 heterocycles. The third-order valence-corrected chi connectivity index (χ3v) is 2.22. The monoisotopic (exact) mass is 270 g/mol. The Hall–Kier alpha value is -2.45. The maximum absolute atomic E-state index is 11.9. The average molecular weight is 270 g/mol. The van der Waals surface area contributed by atoms with Gasteiger partial charge in [-0.25, -0.2) is 4.68 Å². The first-order valence-corrected chi connectivity index (χ1v) is 5.32. The molecule has 0 aromatic carbocycles. The highest BCUT2D eigenvalue weighted by atomic mass is 16.5. The first-order valence-electron chi connectivity index (χ1n) is 5.32. The van der Waals surface area contributed by atoms with E-state index in [2.05, 4.69) is 19.8 Å². The van der Waals surface area contributed by atoms with Crippen molar-refractivity contribution in [3.05, 3.63) is 12.4 Å². The van der Waals surface area contributed by atoms with Crippen LogP contribution in [0, 0.1) is 0 Å². The Balaban J connectivity index is 2.68. The molecule has 0 aliphatic rings. The molecule has 1 aromatic rings. The molecule has 9 heteroatoms. The summed E-state index contributed by atoms with van der Waals surface area (Å²) < 4.78 is 10.2. The fraction of sp³-hybridized carbons (Fsp3) is 0.500. The number of aromatic nitrogens is 3. The van der Waals surface area contributed by atoms with E-state index >= 15 is 0 Å². The zero-order valence-electron chi connectivity index (χ0n) is 10.6. The molecule has 104 valence electrons. The van der Waals surface area contributed by atoms with Crippen molar-refractivity contribution < 1.29 is 23.9 Å². The van der Waals surface area contributed by atoms with Crippen LogP contribution in [0.2, 0.25) is 0 Å². The number of carbonyl (C=O) groups is 3. The minimum atomic E-state index is -0.629. The van der Waals surface area contributed by atoms with Gasteiger partial charge in [0.1, 0.15) is 19.6 Å². The van der Waals surface area contributed by atoms with E-state index in [1.807, 2.05) is 0 Å². The van der Waals surface area contributed by atoms with Gasteiger partial charge in [-0.3, -0.25) is 14.4 Å². The van der Waals surface area contributed by atoms with E-state index in [1.54, 1.807) is 0 Å². The van der Waals surface area contributed by atoms with Crippen LogP contribution in [-0.2, 0) is 30.4 Å². The van der Waals surface area contributed by atoms with Crippen molar-refractivity contribution in [2.24, 2.45) is 0 Å². The number of ether oxygens (including phenoxy) is 2. The van der Waals surface area contributed by atoms with Crippen LogP contribution in [0.15, 0.2) is 12.4 Å². The first-order chi connectivity index (χ1) is 9.06. The molecule has 0 saturated carbocycles. The van der Waals surface area contributed by atoms with Gasteiger partial charge >= 0.3 is 11.9 Å². The molecule has 0 aliphatic carbocycles. The molecule has 0 fully saturated rings. The lowest BCUT2D eigenvalue weighted by atomic mass is 10.4. The number of amides is 1. The van der Waals surface area contributed by atoms with Crippen LogP contribution in [0.4, 0.5) is 0 Å². The summed E-state index contributed by atoms with van der Waals surface area (Å²) >= 11 is 0. The lowest BCUT2D eigenvalue weighted by Gasteiger charge is -2.19. The van der Waals surface area contributed by atoms with E-state index < -0.39 is 17.8 Å². The topological polar surface area (TPSA) is 104 Å². The van der Waals surface area contributed by atoms with Gasteiger partial charge in [0.15, 0.2) is 0 Å². The third-order valence-electron chi connectivity index (χ3n) is 2.22. The Bertz CT molecular complexity index is 427. The summed E-state index contributed by atoms with van der Waals surface area (Å²) in [4.78, 5) is 35.4. The number of rotatable bonds is 6. The smallest absolute Gasteiger partial charge is 0.325 e. The Kier molecular flexibility index (Phi) is 5.45. The van der Waals surface area contributed by atoms with Gasteiger partial charge in [0, 0.05) is 6.20 Å². The highest BCUT2D eigenvalue weighted by Crippen LogP contribution is 1.96. The zero-order valence-corrected chi connectivity index (χ0v) is 10.6. The van der Waals surface area contributed by atoms with E-state index in [-0.39, 0.29) is 19.6 Å². The molecule has 0 atom stereocenters. The van der Waals surface area contributed by atoms with Crippen LogP contribution in [0.5, 0.6) is 0 Å². The predicted molar refractivity (Wildman–Crippen MR) is 60.6 cm³/mol. The number of hydrogen-bond acceptors (Lipinski definition) is 7. The van der Waals surface area contributed by atoms with Crippen molar-refractivity contribution in [1.82, 2.24) is 19.9 Å². The van der Waals surface area contributed by atoms with Crippen molar-refractivity contribution in [3.8, 4) is 0 Å². The van der Waals surface area contributed by atoms with Crippen LogP contribution in [0.3, 0.4) is 0 Å². The van der Waals surface area contributed by atoms with Gasteiger partial charge in [0.2, 0.25) is 5.91 Å². The lowest BCUT2D eigenvalue weighted by Crippen LogP contribution is -2.41. The standard InChI is InChI=1S/C10H14N4O5/c1-18-9(16)6-13(7-10(17)19-2)8(15)5-14-4-3-11-12-14/h3-4H,5-7H2,1-2H3. The largest absolute Gasteiger partial charge is 0.468 e. The number of esters is 2. The molecular weight excluding hydrogens is 256 g/mol. The molecule has 0 saturated heterocycles. The van der Waals surface area contributed by atoms with Crippen LogP contribution in [-0.4, -0.2) is 65.0 Å². The van der Waals surface area contributed by atoms with Gasteiger partial charge in [-0.2, -0.15) is 0 Å². The Morgan fingerprint density at radius 3 is 2.16 bits per heavy atom. The maximum Gasteiger partial charge on any atom is 0.325 e. The fourth-order valence-corrected chi connectivity index (χ4v) is 1.23. The van der Waals surface area contributed by atoms with Crippen LogP contribution in [0.25, 0.3) is 0 Å². The van der Waals surface area contributed by atoms with E-state index in [9.17, 15) is 14.4 Å². The average Bonchev–Trinajstić information content (AvgIpc) is 2.90. The molecule has 1 rings (SSSR count). The highest BCUT2D eigenvalue weighted by molar-refractivity contribution is 5.85. The molecule has 0 N–H and O–H groups in total. The van der Waals surface area contributed by atoms with Gasteiger partial charge in [-0.15, -0.1) is 5.10 Å². The van der Waals surface area contributed by atoms with Crippen LogP contribution in [0.1, 0.15) is 0 Å². The number of carbonyl (C=O) groups excluding carboxylic acids is 3. The molecule has 9 nitrogen and oxygen atoms in total. The van der Waals surface area contributed by atoms with Gasteiger partial charge in [0.25, 0.3) is 0 Å². The number of nitrogens with zero attached hydrogens (tertiary/aromatic N) is 4. The van der Waals surface area contributed by atoms with E-state index in [0.717, 1.165) is 4.90 Å². The summed E-state index contributed by atoms with van der Waals surface area (Å²) in [6, 6.07) is 0. The number of methoxy groups -OCH3 is 2. The van der Waals surface area contributed by atoms with Crippen molar-refractivity contribution in [1.29, 1.82) is 0 Å². The second kappa shape index (κ2) is 7.09. The summed E-state index contributed by atoms with van der Waals surface area (Å²) in [6.45, 7) is -0.799. The second-order valence-corrected chi connectivity index (χ2v) is 3.50. The number of hydrogen-bond donors (Lipinski definition) is 0. The van der Waals surface area contributed by atoms with Crippen LogP contribution >= 0.6 is 0 Å². The third kappa shape index (κ3) is 4.74. The van der Waals surface area contributed by atoms with Gasteiger partial charge in [-0.05, 0) is 0 Å². The Morgan fingerprint density at radius 1 is 1.16 bits per heavy atom. The summed E-state index contributed by atoms with van der Waals surface area (Å²) in [6.07, 6.45) is 2.91. The lowest BCUT2D eigenvalue weighted by molar-refractivity contribution is -0.152. The first kappa shape index (κ1) is 14.6. The Morgan fingerprint density at radius 2 is 1.74 bits per heavy atom.